The molecule has 0 saturated heterocycles. The van der Waals surface area contributed by atoms with Crippen LogP contribution in [0.5, 0.6) is 0 Å². The first kappa shape index (κ1) is 22.7. The molecular formula is C28H22FN7OS. The Balaban J connectivity index is 1.27. The maximum Gasteiger partial charge on any atom is 0.227 e. The summed E-state index contributed by atoms with van der Waals surface area (Å²) in [6.07, 6.45) is 8.89. The Hall–Kier alpha value is -4.44. The maximum atomic E-state index is 15.2. The van der Waals surface area contributed by atoms with Crippen LogP contribution in [0.3, 0.4) is 0 Å². The average molecular weight is 524 g/mol. The summed E-state index contributed by atoms with van der Waals surface area (Å²) in [5.74, 6) is 0.170. The van der Waals surface area contributed by atoms with Crippen molar-refractivity contribution >= 4 is 44.9 Å². The van der Waals surface area contributed by atoms with Crippen molar-refractivity contribution in [1.29, 1.82) is 0 Å². The summed E-state index contributed by atoms with van der Waals surface area (Å²) in [5, 5.41) is 13.1. The van der Waals surface area contributed by atoms with Gasteiger partial charge >= 0.3 is 0 Å². The number of anilines is 1. The number of carbonyl (C=O) groups excluding carboxylic acids is 1. The quantitative estimate of drug-likeness (QED) is 0.237. The minimum Gasteiger partial charge on any atom is -0.336 e. The van der Waals surface area contributed by atoms with Crippen molar-refractivity contribution in [3.05, 3.63) is 66.2 Å². The first-order valence-electron chi connectivity index (χ1n) is 12.5. The van der Waals surface area contributed by atoms with E-state index in [4.69, 9.17) is 4.98 Å². The van der Waals surface area contributed by atoms with E-state index in [0.717, 1.165) is 47.3 Å². The number of hydrogen-bond donors (Lipinski definition) is 3. The third-order valence-electron chi connectivity index (χ3n) is 7.07. The van der Waals surface area contributed by atoms with Crippen LogP contribution in [-0.2, 0) is 4.79 Å². The lowest BCUT2D eigenvalue weighted by molar-refractivity contribution is -0.119. The lowest BCUT2D eigenvalue weighted by atomic mass is 10.0. The molecule has 1 amide bonds. The Morgan fingerprint density at radius 2 is 1.97 bits per heavy atom. The summed E-state index contributed by atoms with van der Waals surface area (Å²) in [6.45, 7) is 0. The predicted octanol–water partition coefficient (Wildman–Crippen LogP) is 6.56. The van der Waals surface area contributed by atoms with Gasteiger partial charge in [0.2, 0.25) is 5.91 Å². The van der Waals surface area contributed by atoms with Gasteiger partial charge in [0.05, 0.1) is 27.8 Å². The van der Waals surface area contributed by atoms with Gasteiger partial charge in [-0.15, -0.1) is 11.3 Å². The number of nitrogens with one attached hydrogen (secondary N) is 3. The SMILES string of the molecule is O=C(Nc1cncc(-c2cc3c(-c4nc5c(-c6cccs6)nccc5[nH]4)n[nH]c3cc2F)c1)C1CCCC1. The molecule has 5 heterocycles. The van der Waals surface area contributed by atoms with Crippen molar-refractivity contribution in [3.8, 4) is 33.2 Å². The molecule has 0 radical (unpaired) electrons. The number of thiophene rings is 1. The van der Waals surface area contributed by atoms with Gasteiger partial charge in [-0.3, -0.25) is 19.9 Å². The summed E-state index contributed by atoms with van der Waals surface area (Å²) in [5.41, 5.74) is 5.00. The standard InChI is InChI=1S/C28H22FN7OS/c29-20-12-22-19(11-18(20)16-10-17(14-30-13-16)32-28(37)15-4-1-2-5-15)24(36-35-22)27-33-21-7-8-31-26(25(21)34-27)23-6-3-9-38-23/h3,6-15H,1-2,4-5H2,(H,32,37)(H,33,34)(H,35,36). The molecule has 3 N–H and O–H groups in total. The third-order valence-corrected chi connectivity index (χ3v) is 7.95. The van der Waals surface area contributed by atoms with Gasteiger partial charge in [0, 0.05) is 40.9 Å². The van der Waals surface area contributed by atoms with Crippen LogP contribution in [0, 0.1) is 11.7 Å². The lowest BCUT2D eigenvalue weighted by Crippen LogP contribution is -2.20. The molecule has 38 heavy (non-hydrogen) atoms. The number of imidazole rings is 1. The second kappa shape index (κ2) is 9.14. The van der Waals surface area contributed by atoms with Gasteiger partial charge < -0.3 is 10.3 Å². The fourth-order valence-corrected chi connectivity index (χ4v) is 5.89. The van der Waals surface area contributed by atoms with Gasteiger partial charge in [-0.25, -0.2) is 9.37 Å². The monoisotopic (exact) mass is 523 g/mol. The van der Waals surface area contributed by atoms with Gasteiger partial charge in [0.1, 0.15) is 22.7 Å². The largest absolute Gasteiger partial charge is 0.336 e. The number of amides is 1. The number of fused-ring (bicyclic) bond motifs is 2. The number of hydrogen-bond acceptors (Lipinski definition) is 6. The highest BCUT2D eigenvalue weighted by atomic mass is 32.1. The Morgan fingerprint density at radius 3 is 2.82 bits per heavy atom. The molecule has 1 aliphatic carbocycles. The van der Waals surface area contributed by atoms with Crippen molar-refractivity contribution in [2.24, 2.45) is 5.92 Å². The predicted molar refractivity (Wildman–Crippen MR) is 146 cm³/mol. The van der Waals surface area contributed by atoms with Crippen LogP contribution in [-0.4, -0.2) is 36.0 Å². The van der Waals surface area contributed by atoms with E-state index in [1.165, 1.54) is 6.07 Å². The molecule has 188 valence electrons. The van der Waals surface area contributed by atoms with Crippen LogP contribution in [0.15, 0.2) is 60.4 Å². The molecule has 5 aromatic heterocycles. The van der Waals surface area contributed by atoms with E-state index in [1.807, 2.05) is 23.6 Å². The third kappa shape index (κ3) is 3.93. The summed E-state index contributed by atoms with van der Waals surface area (Å²) < 4.78 is 15.2. The number of halogens is 1. The van der Waals surface area contributed by atoms with Crippen LogP contribution >= 0.6 is 11.3 Å². The highest BCUT2D eigenvalue weighted by Crippen LogP contribution is 2.35. The van der Waals surface area contributed by atoms with E-state index in [9.17, 15) is 4.79 Å². The average Bonchev–Trinajstić information content (AvgIpc) is 3.73. The lowest BCUT2D eigenvalue weighted by Gasteiger charge is -2.11. The summed E-state index contributed by atoms with van der Waals surface area (Å²) in [6, 6.07) is 10.8. The Bertz CT molecular complexity index is 1800. The van der Waals surface area contributed by atoms with Crippen LogP contribution in [0.1, 0.15) is 25.7 Å². The first-order chi connectivity index (χ1) is 18.6. The van der Waals surface area contributed by atoms with Crippen molar-refractivity contribution in [2.45, 2.75) is 25.7 Å². The number of pyridine rings is 2. The molecule has 0 spiro atoms. The number of H-pyrrole nitrogens is 2. The second-order valence-corrected chi connectivity index (χ2v) is 10.4. The number of rotatable bonds is 5. The van der Waals surface area contributed by atoms with E-state index in [-0.39, 0.29) is 11.8 Å². The van der Waals surface area contributed by atoms with Gasteiger partial charge in [-0.1, -0.05) is 18.9 Å². The molecule has 8 nitrogen and oxygen atoms in total. The molecule has 7 rings (SSSR count). The molecule has 10 heteroatoms. The molecule has 0 atom stereocenters. The number of aromatic amines is 2. The van der Waals surface area contributed by atoms with Gasteiger partial charge in [0.25, 0.3) is 0 Å². The van der Waals surface area contributed by atoms with Crippen LogP contribution in [0.2, 0.25) is 0 Å². The van der Waals surface area contributed by atoms with Crippen molar-refractivity contribution < 1.29 is 9.18 Å². The molecule has 1 saturated carbocycles. The fourth-order valence-electron chi connectivity index (χ4n) is 5.17. The van der Waals surface area contributed by atoms with Gasteiger partial charge in [-0.05, 0) is 42.5 Å². The minimum absolute atomic E-state index is 0.00390. The number of aromatic nitrogens is 6. The molecule has 0 bridgehead atoms. The molecule has 1 aromatic carbocycles. The van der Waals surface area contributed by atoms with Crippen molar-refractivity contribution in [3.63, 3.8) is 0 Å². The van der Waals surface area contributed by atoms with Crippen LogP contribution < -0.4 is 5.32 Å². The topological polar surface area (TPSA) is 112 Å². The molecule has 6 aromatic rings. The summed E-state index contributed by atoms with van der Waals surface area (Å²) in [4.78, 5) is 30.6. The van der Waals surface area contributed by atoms with E-state index < -0.39 is 5.82 Å². The fraction of sp³-hybridized carbons (Fsp3) is 0.179. The van der Waals surface area contributed by atoms with E-state index in [2.05, 4.69) is 30.5 Å². The van der Waals surface area contributed by atoms with E-state index in [1.54, 1.807) is 42.1 Å². The zero-order chi connectivity index (χ0) is 25.6. The molecule has 0 unspecified atom stereocenters. The van der Waals surface area contributed by atoms with Crippen LogP contribution in [0.25, 0.3) is 55.2 Å². The Kier molecular flexibility index (Phi) is 5.47. The summed E-state index contributed by atoms with van der Waals surface area (Å²) in [7, 11) is 0. The Labute approximate surface area is 220 Å². The normalized spacial score (nSPS) is 14.0. The van der Waals surface area contributed by atoms with Crippen molar-refractivity contribution in [2.75, 3.05) is 5.32 Å². The van der Waals surface area contributed by atoms with Crippen molar-refractivity contribution in [1.82, 2.24) is 30.1 Å². The van der Waals surface area contributed by atoms with E-state index in [0.29, 0.717) is 39.2 Å². The Morgan fingerprint density at radius 1 is 1.08 bits per heavy atom. The van der Waals surface area contributed by atoms with E-state index >= 15 is 4.39 Å². The minimum atomic E-state index is -0.414. The first-order valence-corrected chi connectivity index (χ1v) is 13.3. The highest BCUT2D eigenvalue weighted by Gasteiger charge is 2.23. The maximum absolute atomic E-state index is 15.2. The van der Waals surface area contributed by atoms with Gasteiger partial charge in [-0.2, -0.15) is 5.10 Å². The molecular weight excluding hydrogens is 501 g/mol. The molecule has 1 aliphatic rings. The zero-order valence-electron chi connectivity index (χ0n) is 20.2. The summed E-state index contributed by atoms with van der Waals surface area (Å²) >= 11 is 1.60. The smallest absolute Gasteiger partial charge is 0.227 e. The van der Waals surface area contributed by atoms with Crippen LogP contribution in [0.4, 0.5) is 10.1 Å². The highest BCUT2D eigenvalue weighted by molar-refractivity contribution is 7.13. The molecule has 1 fully saturated rings. The second-order valence-electron chi connectivity index (χ2n) is 9.50. The molecule has 0 aliphatic heterocycles. The number of benzene rings is 1. The number of carbonyl (C=O) groups is 1. The zero-order valence-corrected chi connectivity index (χ0v) is 21.0. The van der Waals surface area contributed by atoms with Gasteiger partial charge in [0.15, 0.2) is 5.82 Å². The number of nitrogens with zero attached hydrogens (tertiary/aromatic N) is 4.